The van der Waals surface area contributed by atoms with Gasteiger partial charge in [0.1, 0.15) is 17.0 Å². The van der Waals surface area contributed by atoms with Gasteiger partial charge < -0.3 is 5.32 Å². The van der Waals surface area contributed by atoms with Crippen molar-refractivity contribution >= 4 is 44.7 Å². The smallest absolute Gasteiger partial charge is 0.143 e. The van der Waals surface area contributed by atoms with Gasteiger partial charge in [-0.3, -0.25) is 0 Å². The number of aryl methyl sites for hydroxylation is 3. The molecule has 2 aromatic heterocycles. The maximum atomic E-state index is 6.48. The first kappa shape index (κ1) is 17.0. The average Bonchev–Trinajstić information content (AvgIpc) is 3.03. The van der Waals surface area contributed by atoms with Crippen molar-refractivity contribution in [1.29, 1.82) is 0 Å². The quantitative estimate of drug-likeness (QED) is 0.431. The van der Waals surface area contributed by atoms with Crippen LogP contribution >= 0.6 is 22.9 Å². The van der Waals surface area contributed by atoms with Crippen LogP contribution in [0, 0.1) is 20.8 Å². The van der Waals surface area contributed by atoms with E-state index in [0.717, 1.165) is 44.0 Å². The fraction of sp³-hybridized carbons (Fsp3) is 0.143. The fourth-order valence-electron chi connectivity index (χ4n) is 3.11. The van der Waals surface area contributed by atoms with Gasteiger partial charge in [-0.1, -0.05) is 47.5 Å². The molecule has 0 bridgehead atoms. The number of fused-ring (bicyclic) bond motifs is 1. The molecule has 2 heterocycles. The van der Waals surface area contributed by atoms with Crippen molar-refractivity contribution in [2.75, 3.05) is 5.32 Å². The van der Waals surface area contributed by atoms with Crippen molar-refractivity contribution in [2.24, 2.45) is 0 Å². The molecule has 0 aliphatic heterocycles. The Morgan fingerprint density at radius 1 is 0.962 bits per heavy atom. The van der Waals surface area contributed by atoms with Crippen LogP contribution in [-0.4, -0.2) is 9.97 Å². The van der Waals surface area contributed by atoms with Crippen LogP contribution < -0.4 is 5.32 Å². The maximum absolute atomic E-state index is 6.48. The zero-order valence-electron chi connectivity index (χ0n) is 14.8. The normalized spacial score (nSPS) is 11.1. The van der Waals surface area contributed by atoms with E-state index in [2.05, 4.69) is 57.9 Å². The number of nitrogens with one attached hydrogen (secondary N) is 1. The fourth-order valence-corrected chi connectivity index (χ4v) is 4.39. The highest BCUT2D eigenvalue weighted by atomic mass is 35.5. The lowest BCUT2D eigenvalue weighted by Crippen LogP contribution is -1.99. The summed E-state index contributed by atoms with van der Waals surface area (Å²) >= 11 is 8.11. The lowest BCUT2D eigenvalue weighted by atomic mass is 10.0. The summed E-state index contributed by atoms with van der Waals surface area (Å²) in [6.45, 7) is 6.18. The Balaban J connectivity index is 1.86. The van der Waals surface area contributed by atoms with Gasteiger partial charge in [0, 0.05) is 10.9 Å². The molecule has 0 radical (unpaired) electrons. The summed E-state index contributed by atoms with van der Waals surface area (Å²) in [6, 6.07) is 12.6. The van der Waals surface area contributed by atoms with Crippen molar-refractivity contribution in [3.63, 3.8) is 0 Å². The molecule has 1 N–H and O–H groups in total. The first-order valence-electron chi connectivity index (χ1n) is 8.36. The van der Waals surface area contributed by atoms with Crippen LogP contribution in [0.3, 0.4) is 0 Å². The Hall–Kier alpha value is -2.43. The third kappa shape index (κ3) is 3.06. The molecule has 0 saturated heterocycles. The van der Waals surface area contributed by atoms with E-state index in [9.17, 15) is 0 Å². The van der Waals surface area contributed by atoms with Gasteiger partial charge >= 0.3 is 0 Å². The number of nitrogens with zero attached hydrogens (tertiary/aromatic N) is 2. The van der Waals surface area contributed by atoms with Gasteiger partial charge in [0.15, 0.2) is 0 Å². The third-order valence-electron chi connectivity index (χ3n) is 4.41. The number of rotatable bonds is 3. The molecule has 4 aromatic rings. The van der Waals surface area contributed by atoms with Gasteiger partial charge in [-0.25, -0.2) is 9.97 Å². The monoisotopic (exact) mass is 379 g/mol. The van der Waals surface area contributed by atoms with Gasteiger partial charge in [0.05, 0.1) is 16.1 Å². The molecular formula is C21H18ClN3S. The number of hydrogen-bond acceptors (Lipinski definition) is 4. The summed E-state index contributed by atoms with van der Waals surface area (Å²) in [5.74, 6) is 0.778. The Kier molecular flexibility index (Phi) is 4.39. The topological polar surface area (TPSA) is 37.8 Å². The second kappa shape index (κ2) is 6.71. The van der Waals surface area contributed by atoms with Crippen molar-refractivity contribution in [1.82, 2.24) is 9.97 Å². The molecule has 0 saturated carbocycles. The Morgan fingerprint density at radius 3 is 2.46 bits per heavy atom. The van der Waals surface area contributed by atoms with Crippen molar-refractivity contribution < 1.29 is 0 Å². The van der Waals surface area contributed by atoms with Gasteiger partial charge in [-0.2, -0.15) is 0 Å². The van der Waals surface area contributed by atoms with Crippen molar-refractivity contribution in [3.05, 3.63) is 69.8 Å². The van der Waals surface area contributed by atoms with E-state index in [1.807, 2.05) is 19.9 Å². The van der Waals surface area contributed by atoms with Crippen molar-refractivity contribution in [2.45, 2.75) is 20.8 Å². The number of benzene rings is 2. The molecule has 130 valence electrons. The molecule has 0 amide bonds. The molecule has 0 aliphatic rings. The van der Waals surface area contributed by atoms with Gasteiger partial charge in [-0.15, -0.1) is 11.3 Å². The first-order chi connectivity index (χ1) is 12.5. The molecule has 0 unspecified atom stereocenters. The van der Waals surface area contributed by atoms with Crippen LogP contribution in [0.4, 0.5) is 11.5 Å². The summed E-state index contributed by atoms with van der Waals surface area (Å²) in [5.41, 5.74) is 6.65. The number of thiophene rings is 1. The second-order valence-electron chi connectivity index (χ2n) is 6.48. The highest BCUT2D eigenvalue weighted by Crippen LogP contribution is 2.39. The zero-order valence-corrected chi connectivity index (χ0v) is 16.4. The van der Waals surface area contributed by atoms with Crippen LogP contribution in [0.1, 0.15) is 16.7 Å². The molecule has 0 fully saturated rings. The van der Waals surface area contributed by atoms with Crippen molar-refractivity contribution in [3.8, 4) is 11.1 Å². The summed E-state index contributed by atoms with van der Waals surface area (Å²) in [5, 5.41) is 7.30. The van der Waals surface area contributed by atoms with E-state index in [4.69, 9.17) is 11.6 Å². The molecule has 2 aromatic carbocycles. The van der Waals surface area contributed by atoms with Gasteiger partial charge in [0.25, 0.3) is 0 Å². The minimum atomic E-state index is 0.696. The summed E-state index contributed by atoms with van der Waals surface area (Å²) < 4.78 is 0. The van der Waals surface area contributed by atoms with E-state index in [1.54, 1.807) is 17.7 Å². The number of aromatic nitrogens is 2. The van der Waals surface area contributed by atoms with E-state index in [0.29, 0.717) is 5.02 Å². The molecule has 5 heteroatoms. The number of hydrogen-bond donors (Lipinski definition) is 1. The van der Waals surface area contributed by atoms with Gasteiger partial charge in [0.2, 0.25) is 0 Å². The van der Waals surface area contributed by atoms with E-state index in [-0.39, 0.29) is 0 Å². The van der Waals surface area contributed by atoms with Crippen LogP contribution in [-0.2, 0) is 0 Å². The van der Waals surface area contributed by atoms with Gasteiger partial charge in [-0.05, 0) is 43.5 Å². The summed E-state index contributed by atoms with van der Waals surface area (Å²) in [7, 11) is 0. The molecule has 0 aliphatic carbocycles. The minimum Gasteiger partial charge on any atom is -0.338 e. The minimum absolute atomic E-state index is 0.696. The largest absolute Gasteiger partial charge is 0.338 e. The van der Waals surface area contributed by atoms with E-state index >= 15 is 0 Å². The molecule has 4 rings (SSSR count). The average molecular weight is 380 g/mol. The number of halogens is 1. The summed E-state index contributed by atoms with van der Waals surface area (Å²) in [6.07, 6.45) is 1.59. The molecule has 0 spiro atoms. The molecule has 3 nitrogen and oxygen atoms in total. The zero-order chi connectivity index (χ0) is 18.3. The molecular weight excluding hydrogens is 362 g/mol. The highest BCUT2D eigenvalue weighted by molar-refractivity contribution is 7.17. The van der Waals surface area contributed by atoms with Crippen LogP contribution in [0.25, 0.3) is 21.3 Å². The molecule has 26 heavy (non-hydrogen) atoms. The predicted molar refractivity (Wildman–Crippen MR) is 112 cm³/mol. The Labute approximate surface area is 161 Å². The van der Waals surface area contributed by atoms with E-state index in [1.165, 1.54) is 5.56 Å². The SMILES string of the molecule is Cc1ccc(-c2csc3ncnc(Nc4c(C)cc(C)cc4Cl)c23)cc1. The summed E-state index contributed by atoms with van der Waals surface area (Å²) in [4.78, 5) is 9.91. The lowest BCUT2D eigenvalue weighted by Gasteiger charge is -2.13. The van der Waals surface area contributed by atoms with Crippen LogP contribution in [0.15, 0.2) is 48.1 Å². The lowest BCUT2D eigenvalue weighted by molar-refractivity contribution is 1.22. The second-order valence-corrected chi connectivity index (χ2v) is 7.75. The van der Waals surface area contributed by atoms with Crippen LogP contribution in [0.2, 0.25) is 5.02 Å². The first-order valence-corrected chi connectivity index (χ1v) is 9.61. The maximum Gasteiger partial charge on any atom is 0.143 e. The standard InChI is InChI=1S/C21H18ClN3S/c1-12-4-6-15(7-5-12)16-10-26-21-18(16)20(23-11-24-21)25-19-14(3)8-13(2)9-17(19)22/h4-11H,1-3H3,(H,23,24,25). The Bertz CT molecular complexity index is 1080. The van der Waals surface area contributed by atoms with Crippen LogP contribution in [0.5, 0.6) is 0 Å². The molecule has 0 atom stereocenters. The third-order valence-corrected chi connectivity index (χ3v) is 5.59. The number of anilines is 2. The van der Waals surface area contributed by atoms with E-state index < -0.39 is 0 Å². The highest BCUT2D eigenvalue weighted by Gasteiger charge is 2.15. The Morgan fingerprint density at radius 2 is 1.73 bits per heavy atom. The predicted octanol–water partition coefficient (Wildman–Crippen LogP) is 6.68.